The number of aliphatic hydroxyl groups is 1. The van der Waals surface area contributed by atoms with Crippen LogP contribution in [0.4, 0.5) is 0 Å². The molecule has 1 fully saturated rings. The molecule has 22 heavy (non-hydrogen) atoms. The third-order valence-corrected chi connectivity index (χ3v) is 4.94. The Bertz CT molecular complexity index is 513. The summed E-state index contributed by atoms with van der Waals surface area (Å²) >= 11 is 11.9. The van der Waals surface area contributed by atoms with Crippen LogP contribution in [0.5, 0.6) is 0 Å². The molecule has 1 aliphatic rings. The first kappa shape index (κ1) is 17.5. The standard InChI is InChI=1S/C16H22Cl2N2O2/c1-2-13(11-21)19-5-7-20(8-6-19)16(22)10-12-3-4-14(17)15(18)9-12/h3-4,9,13,21H,2,5-8,10-11H2,1H3. The Kier molecular flexibility index (Phi) is 6.50. The molecule has 4 nitrogen and oxygen atoms in total. The van der Waals surface area contributed by atoms with Gasteiger partial charge in [-0.15, -0.1) is 0 Å². The smallest absolute Gasteiger partial charge is 0.227 e. The molecule has 6 heteroatoms. The second-order valence-corrected chi connectivity index (χ2v) is 6.40. The molecule has 0 spiro atoms. The molecule has 0 aliphatic carbocycles. The van der Waals surface area contributed by atoms with E-state index in [1.807, 2.05) is 11.0 Å². The van der Waals surface area contributed by atoms with Gasteiger partial charge in [0.05, 0.1) is 23.1 Å². The summed E-state index contributed by atoms with van der Waals surface area (Å²) in [6, 6.07) is 5.50. The first-order valence-corrected chi connectivity index (χ1v) is 8.37. The van der Waals surface area contributed by atoms with Gasteiger partial charge in [0.25, 0.3) is 0 Å². The third kappa shape index (κ3) is 4.35. The van der Waals surface area contributed by atoms with E-state index in [1.165, 1.54) is 0 Å². The van der Waals surface area contributed by atoms with Gasteiger partial charge in [0, 0.05) is 32.2 Å². The van der Waals surface area contributed by atoms with Crippen LogP contribution >= 0.6 is 23.2 Å². The van der Waals surface area contributed by atoms with Gasteiger partial charge in [0.1, 0.15) is 0 Å². The predicted octanol–water partition coefficient (Wildman–Crippen LogP) is 2.45. The highest BCUT2D eigenvalue weighted by molar-refractivity contribution is 6.42. The summed E-state index contributed by atoms with van der Waals surface area (Å²) in [5.74, 6) is 0.107. The molecule has 1 unspecified atom stereocenters. The molecule has 2 rings (SSSR count). The van der Waals surface area contributed by atoms with Crippen molar-refractivity contribution in [3.63, 3.8) is 0 Å². The van der Waals surface area contributed by atoms with Crippen molar-refractivity contribution in [2.75, 3.05) is 32.8 Å². The van der Waals surface area contributed by atoms with Crippen molar-refractivity contribution in [3.8, 4) is 0 Å². The molecule has 1 saturated heterocycles. The maximum Gasteiger partial charge on any atom is 0.227 e. The van der Waals surface area contributed by atoms with Crippen LogP contribution in [0.1, 0.15) is 18.9 Å². The van der Waals surface area contributed by atoms with E-state index in [1.54, 1.807) is 12.1 Å². The van der Waals surface area contributed by atoms with Crippen molar-refractivity contribution < 1.29 is 9.90 Å². The van der Waals surface area contributed by atoms with Crippen LogP contribution in [0.3, 0.4) is 0 Å². The van der Waals surface area contributed by atoms with Crippen LogP contribution in [0.15, 0.2) is 18.2 Å². The zero-order valence-electron chi connectivity index (χ0n) is 12.8. The number of piperazine rings is 1. The molecule has 122 valence electrons. The van der Waals surface area contributed by atoms with Gasteiger partial charge in [-0.05, 0) is 24.1 Å². The van der Waals surface area contributed by atoms with Gasteiger partial charge in [-0.3, -0.25) is 9.69 Å². The number of nitrogens with zero attached hydrogens (tertiary/aromatic N) is 2. The molecule has 0 bridgehead atoms. The fourth-order valence-electron chi connectivity index (χ4n) is 2.78. The second kappa shape index (κ2) is 8.16. The zero-order valence-corrected chi connectivity index (χ0v) is 14.3. The molecule has 0 aromatic heterocycles. The molecule has 1 aromatic carbocycles. The minimum absolute atomic E-state index is 0.107. The fourth-order valence-corrected chi connectivity index (χ4v) is 3.10. The van der Waals surface area contributed by atoms with Gasteiger partial charge in [0.2, 0.25) is 5.91 Å². The molecular formula is C16H22Cl2N2O2. The lowest BCUT2D eigenvalue weighted by Gasteiger charge is -2.38. The van der Waals surface area contributed by atoms with Gasteiger partial charge < -0.3 is 10.0 Å². The minimum atomic E-state index is 0.107. The van der Waals surface area contributed by atoms with Crippen LogP contribution in [0.2, 0.25) is 10.0 Å². The number of rotatable bonds is 5. The van der Waals surface area contributed by atoms with Crippen LogP contribution in [-0.4, -0.2) is 59.6 Å². The number of benzene rings is 1. The van der Waals surface area contributed by atoms with E-state index in [0.717, 1.165) is 25.1 Å². The van der Waals surface area contributed by atoms with Crippen LogP contribution in [-0.2, 0) is 11.2 Å². The quantitative estimate of drug-likeness (QED) is 0.892. The maximum atomic E-state index is 12.4. The minimum Gasteiger partial charge on any atom is -0.395 e. The summed E-state index contributed by atoms with van der Waals surface area (Å²) in [6.45, 7) is 5.28. The van der Waals surface area contributed by atoms with E-state index in [-0.39, 0.29) is 18.6 Å². The SMILES string of the molecule is CCC(CO)N1CCN(C(=O)Cc2ccc(Cl)c(Cl)c2)CC1. The average molecular weight is 345 g/mol. The number of hydrogen-bond donors (Lipinski definition) is 1. The van der Waals surface area contributed by atoms with Gasteiger partial charge >= 0.3 is 0 Å². The summed E-state index contributed by atoms with van der Waals surface area (Å²) in [5, 5.41) is 10.3. The van der Waals surface area contributed by atoms with Gasteiger partial charge in [-0.25, -0.2) is 0 Å². The first-order valence-electron chi connectivity index (χ1n) is 7.61. The second-order valence-electron chi connectivity index (χ2n) is 5.59. The average Bonchev–Trinajstić information content (AvgIpc) is 2.53. The van der Waals surface area contributed by atoms with Crippen molar-refractivity contribution in [2.24, 2.45) is 0 Å². The lowest BCUT2D eigenvalue weighted by molar-refractivity contribution is -0.132. The number of aliphatic hydroxyl groups excluding tert-OH is 1. The number of amides is 1. The van der Waals surface area contributed by atoms with E-state index < -0.39 is 0 Å². The van der Waals surface area contributed by atoms with E-state index in [9.17, 15) is 9.90 Å². The molecule has 1 aliphatic heterocycles. The zero-order chi connectivity index (χ0) is 16.1. The van der Waals surface area contributed by atoms with Crippen molar-refractivity contribution in [2.45, 2.75) is 25.8 Å². The van der Waals surface area contributed by atoms with Gasteiger partial charge in [-0.2, -0.15) is 0 Å². The number of carbonyl (C=O) groups excluding carboxylic acids is 1. The predicted molar refractivity (Wildman–Crippen MR) is 89.5 cm³/mol. The number of carbonyl (C=O) groups is 1. The number of hydrogen-bond acceptors (Lipinski definition) is 3. The van der Waals surface area contributed by atoms with E-state index >= 15 is 0 Å². The molecule has 1 aromatic rings. The molecule has 0 radical (unpaired) electrons. The Morgan fingerprint density at radius 2 is 1.91 bits per heavy atom. The molecule has 1 amide bonds. The molecule has 1 heterocycles. The summed E-state index contributed by atoms with van der Waals surface area (Å²) in [5.41, 5.74) is 0.878. The fraction of sp³-hybridized carbons (Fsp3) is 0.562. The third-order valence-electron chi connectivity index (χ3n) is 4.20. The maximum absolute atomic E-state index is 12.4. The molecular weight excluding hydrogens is 323 g/mol. The Balaban J connectivity index is 1.88. The highest BCUT2D eigenvalue weighted by Crippen LogP contribution is 2.23. The number of halogens is 2. The van der Waals surface area contributed by atoms with E-state index in [0.29, 0.717) is 29.6 Å². The summed E-state index contributed by atoms with van der Waals surface area (Å²) in [7, 11) is 0. The van der Waals surface area contributed by atoms with Crippen LogP contribution in [0.25, 0.3) is 0 Å². The monoisotopic (exact) mass is 344 g/mol. The molecule has 0 saturated carbocycles. The normalized spacial score (nSPS) is 17.5. The highest BCUT2D eigenvalue weighted by atomic mass is 35.5. The molecule has 1 N–H and O–H groups in total. The Labute approximate surface area is 141 Å². The van der Waals surface area contributed by atoms with Crippen LogP contribution < -0.4 is 0 Å². The highest BCUT2D eigenvalue weighted by Gasteiger charge is 2.24. The van der Waals surface area contributed by atoms with Crippen molar-refractivity contribution in [1.29, 1.82) is 0 Å². The lowest BCUT2D eigenvalue weighted by atomic mass is 10.1. The topological polar surface area (TPSA) is 43.8 Å². The Morgan fingerprint density at radius 1 is 1.23 bits per heavy atom. The summed E-state index contributed by atoms with van der Waals surface area (Å²) < 4.78 is 0. The summed E-state index contributed by atoms with van der Waals surface area (Å²) in [6.07, 6.45) is 1.27. The van der Waals surface area contributed by atoms with Crippen molar-refractivity contribution >= 4 is 29.1 Å². The van der Waals surface area contributed by atoms with Gasteiger partial charge in [0.15, 0.2) is 0 Å². The van der Waals surface area contributed by atoms with Crippen LogP contribution in [0, 0.1) is 0 Å². The lowest BCUT2D eigenvalue weighted by Crippen LogP contribution is -2.53. The van der Waals surface area contributed by atoms with Crippen molar-refractivity contribution in [1.82, 2.24) is 9.80 Å². The van der Waals surface area contributed by atoms with E-state index in [2.05, 4.69) is 11.8 Å². The molecule has 1 atom stereocenters. The van der Waals surface area contributed by atoms with E-state index in [4.69, 9.17) is 23.2 Å². The Hall–Kier alpha value is -0.810. The summed E-state index contributed by atoms with van der Waals surface area (Å²) in [4.78, 5) is 16.5. The largest absolute Gasteiger partial charge is 0.395 e. The Morgan fingerprint density at radius 3 is 2.45 bits per heavy atom. The van der Waals surface area contributed by atoms with Crippen molar-refractivity contribution in [3.05, 3.63) is 33.8 Å². The first-order chi connectivity index (χ1) is 10.5. The van der Waals surface area contributed by atoms with Gasteiger partial charge in [-0.1, -0.05) is 36.2 Å².